The third kappa shape index (κ3) is 2.86. The Morgan fingerprint density at radius 3 is 2.35 bits per heavy atom. The molecule has 0 saturated carbocycles. The van der Waals surface area contributed by atoms with Gasteiger partial charge in [0.2, 0.25) is 18.3 Å². The fourth-order valence-corrected chi connectivity index (χ4v) is 2.79. The molecule has 1 heterocycles. The molecule has 7 nitrogen and oxygen atoms in total. The SMILES string of the molecule is COc1ccc(C(C#N)C(=O)c2cc(OC)c3c(c2OC)OCO3)cc1. The van der Waals surface area contributed by atoms with Crippen LogP contribution in [0.15, 0.2) is 30.3 Å². The van der Waals surface area contributed by atoms with Gasteiger partial charge in [0, 0.05) is 0 Å². The molecule has 0 aliphatic carbocycles. The topological polar surface area (TPSA) is 87.0 Å². The zero-order chi connectivity index (χ0) is 18.7. The smallest absolute Gasteiger partial charge is 0.231 e. The zero-order valence-electron chi connectivity index (χ0n) is 14.6. The standard InChI is InChI=1S/C19H17NO6/c1-22-12-6-4-11(5-7-12)14(9-20)16(21)13-8-15(23-2)18-19(17(13)24-3)26-10-25-18/h4-8,14H,10H2,1-3H3. The lowest BCUT2D eigenvalue weighted by Gasteiger charge is -2.15. The molecule has 2 aromatic rings. The van der Waals surface area contributed by atoms with Crippen molar-refractivity contribution >= 4 is 5.78 Å². The van der Waals surface area contributed by atoms with Crippen molar-refractivity contribution in [1.29, 1.82) is 5.26 Å². The molecule has 0 radical (unpaired) electrons. The first kappa shape index (κ1) is 17.4. The third-order valence-corrected chi connectivity index (χ3v) is 4.09. The largest absolute Gasteiger partial charge is 0.497 e. The molecule has 2 aromatic carbocycles. The van der Waals surface area contributed by atoms with E-state index in [2.05, 4.69) is 6.07 Å². The van der Waals surface area contributed by atoms with Gasteiger partial charge >= 0.3 is 0 Å². The van der Waals surface area contributed by atoms with E-state index in [-0.39, 0.29) is 18.1 Å². The number of rotatable bonds is 6. The molecule has 26 heavy (non-hydrogen) atoms. The summed E-state index contributed by atoms with van der Waals surface area (Å²) in [5, 5.41) is 9.59. The maximum atomic E-state index is 13.1. The second kappa shape index (κ2) is 7.23. The van der Waals surface area contributed by atoms with Crippen molar-refractivity contribution < 1.29 is 28.5 Å². The highest BCUT2D eigenvalue weighted by molar-refractivity contribution is 6.06. The van der Waals surface area contributed by atoms with Crippen LogP contribution in [0.2, 0.25) is 0 Å². The Morgan fingerprint density at radius 1 is 1.08 bits per heavy atom. The van der Waals surface area contributed by atoms with E-state index in [1.54, 1.807) is 31.4 Å². The minimum atomic E-state index is -1.01. The van der Waals surface area contributed by atoms with E-state index in [1.807, 2.05) is 0 Å². The summed E-state index contributed by atoms with van der Waals surface area (Å²) in [7, 11) is 4.43. The van der Waals surface area contributed by atoms with Crippen molar-refractivity contribution in [3.05, 3.63) is 41.5 Å². The summed E-state index contributed by atoms with van der Waals surface area (Å²) in [6.07, 6.45) is 0. The Morgan fingerprint density at radius 2 is 1.77 bits per heavy atom. The van der Waals surface area contributed by atoms with Crippen LogP contribution in [0.1, 0.15) is 21.8 Å². The van der Waals surface area contributed by atoms with E-state index in [4.69, 9.17) is 23.7 Å². The van der Waals surface area contributed by atoms with Crippen molar-refractivity contribution in [2.24, 2.45) is 0 Å². The maximum Gasteiger partial charge on any atom is 0.231 e. The summed E-state index contributed by atoms with van der Waals surface area (Å²) in [5.74, 6) is 0.428. The van der Waals surface area contributed by atoms with E-state index < -0.39 is 11.7 Å². The Balaban J connectivity index is 2.06. The van der Waals surface area contributed by atoms with Crippen LogP contribution in [-0.4, -0.2) is 33.9 Å². The van der Waals surface area contributed by atoms with Gasteiger partial charge in [0.1, 0.15) is 11.7 Å². The van der Waals surface area contributed by atoms with Gasteiger partial charge < -0.3 is 23.7 Å². The van der Waals surface area contributed by atoms with Crippen molar-refractivity contribution in [1.82, 2.24) is 0 Å². The van der Waals surface area contributed by atoms with Crippen LogP contribution < -0.4 is 23.7 Å². The second-order valence-corrected chi connectivity index (χ2v) is 5.42. The molecule has 0 bridgehead atoms. The molecule has 0 amide bonds. The van der Waals surface area contributed by atoms with Gasteiger partial charge in [0.05, 0.1) is 33.0 Å². The molecule has 1 aliphatic rings. The van der Waals surface area contributed by atoms with E-state index >= 15 is 0 Å². The molecule has 1 atom stereocenters. The number of fused-ring (bicyclic) bond motifs is 1. The van der Waals surface area contributed by atoms with Gasteiger partial charge in [-0.1, -0.05) is 12.1 Å². The van der Waals surface area contributed by atoms with Crippen molar-refractivity contribution in [3.63, 3.8) is 0 Å². The summed E-state index contributed by atoms with van der Waals surface area (Å²) >= 11 is 0. The molecular weight excluding hydrogens is 338 g/mol. The van der Waals surface area contributed by atoms with Crippen LogP contribution in [0.25, 0.3) is 0 Å². The number of carbonyl (C=O) groups is 1. The number of Topliss-reactive ketones (excluding diaryl/α,β-unsaturated/α-hetero) is 1. The lowest BCUT2D eigenvalue weighted by molar-refractivity contribution is 0.0974. The van der Waals surface area contributed by atoms with Gasteiger partial charge in [-0.2, -0.15) is 5.26 Å². The molecule has 134 valence electrons. The highest BCUT2D eigenvalue weighted by atomic mass is 16.7. The molecule has 1 aliphatic heterocycles. The molecule has 1 unspecified atom stereocenters. The minimum absolute atomic E-state index is 0.000143. The molecule has 0 fully saturated rings. The van der Waals surface area contributed by atoms with Gasteiger partial charge in [-0.25, -0.2) is 0 Å². The number of nitriles is 1. The fraction of sp³-hybridized carbons (Fsp3) is 0.263. The summed E-state index contributed by atoms with van der Waals surface area (Å²) in [6.45, 7) is -0.000143. The van der Waals surface area contributed by atoms with Crippen molar-refractivity contribution in [2.75, 3.05) is 28.1 Å². The van der Waals surface area contributed by atoms with Crippen LogP contribution in [-0.2, 0) is 0 Å². The molecule has 7 heteroatoms. The molecule has 3 rings (SSSR count). The third-order valence-electron chi connectivity index (χ3n) is 4.09. The molecule has 0 spiro atoms. The number of ketones is 1. The Bertz CT molecular complexity index is 869. The van der Waals surface area contributed by atoms with Gasteiger partial charge in [-0.05, 0) is 23.8 Å². The maximum absolute atomic E-state index is 13.1. The number of nitrogens with zero attached hydrogens (tertiary/aromatic N) is 1. The van der Waals surface area contributed by atoms with Gasteiger partial charge in [-0.3, -0.25) is 4.79 Å². The zero-order valence-corrected chi connectivity index (χ0v) is 14.6. The van der Waals surface area contributed by atoms with E-state index in [0.29, 0.717) is 28.6 Å². The van der Waals surface area contributed by atoms with Crippen LogP contribution in [0, 0.1) is 11.3 Å². The van der Waals surface area contributed by atoms with E-state index in [9.17, 15) is 10.1 Å². The summed E-state index contributed by atoms with van der Waals surface area (Å²) < 4.78 is 26.6. The average Bonchev–Trinajstić information content (AvgIpc) is 3.17. The van der Waals surface area contributed by atoms with Crippen LogP contribution in [0.4, 0.5) is 0 Å². The second-order valence-electron chi connectivity index (χ2n) is 5.42. The first-order chi connectivity index (χ1) is 12.6. The lowest BCUT2D eigenvalue weighted by Crippen LogP contribution is -2.13. The summed E-state index contributed by atoms with van der Waals surface area (Å²) in [4.78, 5) is 13.1. The fourth-order valence-electron chi connectivity index (χ4n) is 2.79. The summed E-state index contributed by atoms with van der Waals surface area (Å²) in [5.41, 5.74) is 0.743. The highest BCUT2D eigenvalue weighted by Gasteiger charge is 2.32. The number of methoxy groups -OCH3 is 3. The van der Waals surface area contributed by atoms with Crippen LogP contribution >= 0.6 is 0 Å². The number of hydrogen-bond acceptors (Lipinski definition) is 7. The van der Waals surface area contributed by atoms with Crippen molar-refractivity contribution in [3.8, 4) is 34.8 Å². The Hall–Kier alpha value is -3.40. The molecule has 0 aromatic heterocycles. The number of carbonyl (C=O) groups excluding carboxylic acids is 1. The molecule has 0 saturated heterocycles. The number of ether oxygens (including phenoxy) is 5. The van der Waals surface area contributed by atoms with E-state index in [1.165, 1.54) is 20.3 Å². The predicted octanol–water partition coefficient (Wildman–Crippen LogP) is 2.93. The first-order valence-electron chi connectivity index (χ1n) is 7.77. The quantitative estimate of drug-likeness (QED) is 0.736. The molecule has 0 N–H and O–H groups in total. The normalized spacial score (nSPS) is 12.8. The monoisotopic (exact) mass is 355 g/mol. The average molecular weight is 355 g/mol. The van der Waals surface area contributed by atoms with E-state index in [0.717, 1.165) is 0 Å². The first-order valence-corrected chi connectivity index (χ1v) is 7.77. The Kier molecular flexibility index (Phi) is 4.85. The predicted molar refractivity (Wildman–Crippen MR) is 91.3 cm³/mol. The summed E-state index contributed by atoms with van der Waals surface area (Å²) in [6, 6.07) is 10.3. The lowest BCUT2D eigenvalue weighted by atomic mass is 9.91. The van der Waals surface area contributed by atoms with Gasteiger partial charge in [-0.15, -0.1) is 0 Å². The number of hydrogen-bond donors (Lipinski definition) is 0. The van der Waals surface area contributed by atoms with Gasteiger partial charge in [0.15, 0.2) is 17.3 Å². The van der Waals surface area contributed by atoms with Crippen molar-refractivity contribution in [2.45, 2.75) is 5.92 Å². The number of benzene rings is 2. The molecular formula is C19H17NO6. The minimum Gasteiger partial charge on any atom is -0.497 e. The highest BCUT2D eigenvalue weighted by Crippen LogP contribution is 2.50. The van der Waals surface area contributed by atoms with Gasteiger partial charge in [0.25, 0.3) is 0 Å². The Labute approximate surface area is 150 Å². The van der Waals surface area contributed by atoms with Crippen LogP contribution in [0.5, 0.6) is 28.7 Å². The van der Waals surface area contributed by atoms with Crippen LogP contribution in [0.3, 0.4) is 0 Å².